The Morgan fingerprint density at radius 3 is 2.50 bits per heavy atom. The molecule has 1 heterocycles. The minimum atomic E-state index is -0.0494. The van der Waals surface area contributed by atoms with Gasteiger partial charge < -0.3 is 10.0 Å². The first kappa shape index (κ1) is 12.9. The van der Waals surface area contributed by atoms with Gasteiger partial charge in [-0.3, -0.25) is 4.79 Å². The van der Waals surface area contributed by atoms with Crippen molar-refractivity contribution in [3.63, 3.8) is 0 Å². The van der Waals surface area contributed by atoms with Gasteiger partial charge in [0.25, 0.3) is 5.91 Å². The van der Waals surface area contributed by atoms with E-state index in [0.717, 1.165) is 31.5 Å². The maximum atomic E-state index is 12.3. The Hall–Kier alpha value is -1.51. The average Bonchev–Trinajstić information content (AvgIpc) is 2.31. The van der Waals surface area contributed by atoms with Gasteiger partial charge >= 0.3 is 0 Å². The van der Waals surface area contributed by atoms with Crippen molar-refractivity contribution in [3.05, 3.63) is 29.3 Å². The van der Waals surface area contributed by atoms with E-state index in [1.165, 1.54) is 0 Å². The summed E-state index contributed by atoms with van der Waals surface area (Å²) >= 11 is 0. The van der Waals surface area contributed by atoms with Crippen LogP contribution in [0.1, 0.15) is 42.6 Å². The molecule has 1 fully saturated rings. The van der Waals surface area contributed by atoms with Crippen LogP contribution in [0, 0.1) is 12.3 Å². The van der Waals surface area contributed by atoms with Gasteiger partial charge in [-0.1, -0.05) is 25.5 Å². The fraction of sp³-hybridized carbons (Fsp3) is 0.533. The molecule has 0 radical (unpaired) electrons. The second kappa shape index (κ2) is 4.63. The highest BCUT2D eigenvalue weighted by Gasteiger charge is 2.29. The van der Waals surface area contributed by atoms with Gasteiger partial charge in [0.05, 0.1) is 5.56 Å². The molecule has 0 saturated carbocycles. The van der Waals surface area contributed by atoms with Crippen LogP contribution >= 0.6 is 0 Å². The van der Waals surface area contributed by atoms with Gasteiger partial charge in [-0.05, 0) is 37.3 Å². The second-order valence-corrected chi connectivity index (χ2v) is 5.98. The monoisotopic (exact) mass is 247 g/mol. The van der Waals surface area contributed by atoms with Crippen molar-refractivity contribution in [1.82, 2.24) is 4.90 Å². The number of hydrogen-bond donors (Lipinski definition) is 1. The number of piperidine rings is 1. The van der Waals surface area contributed by atoms with E-state index in [0.29, 0.717) is 11.0 Å². The third-order valence-electron chi connectivity index (χ3n) is 3.79. The Kier molecular flexibility index (Phi) is 3.33. The molecule has 0 atom stereocenters. The van der Waals surface area contributed by atoms with Crippen LogP contribution < -0.4 is 0 Å². The van der Waals surface area contributed by atoms with Gasteiger partial charge in [0, 0.05) is 13.1 Å². The van der Waals surface area contributed by atoms with Gasteiger partial charge in [0.1, 0.15) is 5.75 Å². The number of carbonyl (C=O) groups is 1. The Morgan fingerprint density at radius 1 is 1.28 bits per heavy atom. The zero-order valence-electron chi connectivity index (χ0n) is 11.4. The molecule has 1 N–H and O–H groups in total. The van der Waals surface area contributed by atoms with Crippen LogP contribution in [0.25, 0.3) is 0 Å². The number of aryl methyl sites for hydroxylation is 1. The molecule has 0 bridgehead atoms. The van der Waals surface area contributed by atoms with Crippen molar-refractivity contribution in [1.29, 1.82) is 0 Å². The Bertz CT molecular complexity index is 456. The maximum absolute atomic E-state index is 12.3. The summed E-state index contributed by atoms with van der Waals surface area (Å²) in [5.41, 5.74) is 1.74. The molecule has 1 saturated heterocycles. The van der Waals surface area contributed by atoms with Crippen LogP contribution in [0.4, 0.5) is 0 Å². The first-order valence-electron chi connectivity index (χ1n) is 6.48. The van der Waals surface area contributed by atoms with Crippen molar-refractivity contribution in [2.24, 2.45) is 5.41 Å². The van der Waals surface area contributed by atoms with E-state index in [1.807, 2.05) is 17.9 Å². The summed E-state index contributed by atoms with van der Waals surface area (Å²) in [4.78, 5) is 14.2. The quantitative estimate of drug-likeness (QED) is 0.828. The zero-order chi connectivity index (χ0) is 13.3. The summed E-state index contributed by atoms with van der Waals surface area (Å²) in [5.74, 6) is 0.0298. The van der Waals surface area contributed by atoms with E-state index in [-0.39, 0.29) is 11.7 Å². The number of amides is 1. The van der Waals surface area contributed by atoms with Crippen molar-refractivity contribution in [2.75, 3.05) is 13.1 Å². The number of rotatable bonds is 1. The number of carbonyl (C=O) groups excluding carboxylic acids is 1. The smallest absolute Gasteiger partial charge is 0.257 e. The SMILES string of the molecule is Cc1ccc(O)c(C(=O)N2CCC(C)(C)CC2)c1. The molecular formula is C15H21NO2. The lowest BCUT2D eigenvalue weighted by molar-refractivity contribution is 0.0627. The normalized spacial score (nSPS) is 18.7. The third kappa shape index (κ3) is 2.66. The van der Waals surface area contributed by atoms with E-state index < -0.39 is 0 Å². The number of phenolic OH excluding ortho intramolecular Hbond substituents is 1. The molecular weight excluding hydrogens is 226 g/mol. The molecule has 98 valence electrons. The van der Waals surface area contributed by atoms with E-state index in [4.69, 9.17) is 0 Å². The van der Waals surface area contributed by atoms with Gasteiger partial charge in [-0.2, -0.15) is 0 Å². The second-order valence-electron chi connectivity index (χ2n) is 5.98. The molecule has 18 heavy (non-hydrogen) atoms. The van der Waals surface area contributed by atoms with Crippen molar-refractivity contribution in [3.8, 4) is 5.75 Å². The third-order valence-corrected chi connectivity index (χ3v) is 3.79. The number of hydrogen-bond acceptors (Lipinski definition) is 2. The lowest BCUT2D eigenvalue weighted by Gasteiger charge is -2.37. The van der Waals surface area contributed by atoms with Gasteiger partial charge in [0.15, 0.2) is 0 Å². The molecule has 3 heteroatoms. The lowest BCUT2D eigenvalue weighted by Crippen LogP contribution is -2.41. The molecule has 1 aliphatic heterocycles. The molecule has 0 aliphatic carbocycles. The van der Waals surface area contributed by atoms with E-state index >= 15 is 0 Å². The fourth-order valence-corrected chi connectivity index (χ4v) is 2.31. The average molecular weight is 247 g/mol. The highest BCUT2D eigenvalue weighted by atomic mass is 16.3. The molecule has 1 aliphatic rings. The van der Waals surface area contributed by atoms with Crippen LogP contribution in [0.3, 0.4) is 0 Å². The molecule has 0 spiro atoms. The van der Waals surface area contributed by atoms with Gasteiger partial charge in [0.2, 0.25) is 0 Å². The van der Waals surface area contributed by atoms with E-state index in [9.17, 15) is 9.90 Å². The van der Waals surface area contributed by atoms with E-state index in [1.54, 1.807) is 12.1 Å². The number of aromatic hydroxyl groups is 1. The Labute approximate surface area is 108 Å². The van der Waals surface area contributed by atoms with Crippen LogP contribution in [-0.4, -0.2) is 29.0 Å². The number of benzene rings is 1. The first-order chi connectivity index (χ1) is 8.39. The molecule has 3 nitrogen and oxygen atoms in total. The molecule has 2 rings (SSSR count). The standard InChI is InChI=1S/C15H21NO2/c1-11-4-5-13(17)12(10-11)14(18)16-8-6-15(2,3)7-9-16/h4-5,10,17H,6-9H2,1-3H3. The zero-order valence-corrected chi connectivity index (χ0v) is 11.4. The predicted octanol–water partition coefficient (Wildman–Crippen LogP) is 2.96. The summed E-state index contributed by atoms with van der Waals surface area (Å²) in [7, 11) is 0. The molecule has 1 aromatic carbocycles. The highest BCUT2D eigenvalue weighted by Crippen LogP contribution is 2.31. The molecule has 0 unspecified atom stereocenters. The Balaban J connectivity index is 2.15. The number of phenols is 1. The van der Waals surface area contributed by atoms with Crippen LogP contribution in [0.15, 0.2) is 18.2 Å². The summed E-state index contributed by atoms with van der Waals surface area (Å²) in [6, 6.07) is 5.17. The van der Waals surface area contributed by atoms with Crippen LogP contribution in [-0.2, 0) is 0 Å². The number of nitrogens with zero attached hydrogens (tertiary/aromatic N) is 1. The summed E-state index contributed by atoms with van der Waals surface area (Å²) < 4.78 is 0. The van der Waals surface area contributed by atoms with Crippen LogP contribution in [0.5, 0.6) is 5.75 Å². The molecule has 1 aromatic rings. The Morgan fingerprint density at radius 2 is 1.89 bits per heavy atom. The topological polar surface area (TPSA) is 40.5 Å². The summed E-state index contributed by atoms with van der Waals surface area (Å²) in [5, 5.41) is 9.79. The highest BCUT2D eigenvalue weighted by molar-refractivity contribution is 5.97. The predicted molar refractivity (Wildman–Crippen MR) is 71.8 cm³/mol. The van der Waals surface area contributed by atoms with Gasteiger partial charge in [-0.25, -0.2) is 0 Å². The minimum absolute atomic E-state index is 0.0494. The lowest BCUT2D eigenvalue weighted by atomic mass is 9.82. The van der Waals surface area contributed by atoms with Crippen LogP contribution in [0.2, 0.25) is 0 Å². The van der Waals surface area contributed by atoms with E-state index in [2.05, 4.69) is 13.8 Å². The summed E-state index contributed by atoms with van der Waals surface area (Å²) in [6.07, 6.45) is 2.04. The number of likely N-dealkylation sites (tertiary alicyclic amines) is 1. The van der Waals surface area contributed by atoms with Crippen molar-refractivity contribution < 1.29 is 9.90 Å². The fourth-order valence-electron chi connectivity index (χ4n) is 2.31. The van der Waals surface area contributed by atoms with Crippen molar-refractivity contribution >= 4 is 5.91 Å². The first-order valence-corrected chi connectivity index (χ1v) is 6.48. The maximum Gasteiger partial charge on any atom is 0.257 e. The summed E-state index contributed by atoms with van der Waals surface area (Å²) in [6.45, 7) is 7.95. The molecule has 1 amide bonds. The van der Waals surface area contributed by atoms with Gasteiger partial charge in [-0.15, -0.1) is 0 Å². The van der Waals surface area contributed by atoms with Crippen molar-refractivity contribution in [2.45, 2.75) is 33.6 Å². The largest absolute Gasteiger partial charge is 0.507 e. The molecule has 0 aromatic heterocycles. The minimum Gasteiger partial charge on any atom is -0.507 e.